The van der Waals surface area contributed by atoms with E-state index in [1.807, 2.05) is 24.3 Å². The Morgan fingerprint density at radius 3 is 2.95 bits per heavy atom. The summed E-state index contributed by atoms with van der Waals surface area (Å²) in [6, 6.07) is 9.24. The van der Waals surface area contributed by atoms with Crippen LogP contribution in [0.5, 0.6) is 5.75 Å². The van der Waals surface area contributed by atoms with E-state index in [9.17, 15) is 5.11 Å². The molecule has 5 nitrogen and oxygen atoms in total. The summed E-state index contributed by atoms with van der Waals surface area (Å²) in [5, 5.41) is 13.0. The molecule has 1 heterocycles. The van der Waals surface area contributed by atoms with Gasteiger partial charge in [-0.15, -0.1) is 0 Å². The average molecular weight is 356 g/mol. The van der Waals surface area contributed by atoms with E-state index >= 15 is 0 Å². The van der Waals surface area contributed by atoms with Crippen molar-refractivity contribution in [2.75, 3.05) is 25.6 Å². The minimum absolute atomic E-state index is 0.231. The van der Waals surface area contributed by atoms with Gasteiger partial charge in [-0.3, -0.25) is 0 Å². The van der Waals surface area contributed by atoms with Crippen LogP contribution in [0.15, 0.2) is 45.5 Å². The van der Waals surface area contributed by atoms with Crippen LogP contribution >= 0.6 is 15.9 Å². The van der Waals surface area contributed by atoms with Crippen molar-refractivity contribution >= 4 is 21.6 Å². The molecule has 6 heteroatoms. The highest BCUT2D eigenvalue weighted by Crippen LogP contribution is 2.26. The third-order valence-electron chi connectivity index (χ3n) is 2.84. The van der Waals surface area contributed by atoms with Crippen LogP contribution in [0, 0.1) is 0 Å². The largest absolute Gasteiger partial charge is 0.497 e. The highest BCUT2D eigenvalue weighted by Gasteiger charge is 2.07. The van der Waals surface area contributed by atoms with E-state index in [0.29, 0.717) is 13.2 Å². The monoisotopic (exact) mass is 355 g/mol. The Morgan fingerprint density at radius 2 is 2.24 bits per heavy atom. The maximum atomic E-state index is 9.89. The average Bonchev–Trinajstić information content (AvgIpc) is 3.00. The first-order chi connectivity index (χ1) is 10.2. The number of nitrogens with one attached hydrogen (secondary N) is 1. The van der Waals surface area contributed by atoms with Gasteiger partial charge < -0.3 is 24.3 Å². The van der Waals surface area contributed by atoms with E-state index in [1.54, 1.807) is 19.4 Å². The Morgan fingerprint density at radius 1 is 1.38 bits per heavy atom. The number of furan rings is 1. The maximum absolute atomic E-state index is 9.89. The highest BCUT2D eigenvalue weighted by molar-refractivity contribution is 9.10. The van der Waals surface area contributed by atoms with Gasteiger partial charge in [-0.2, -0.15) is 0 Å². The molecule has 0 amide bonds. The highest BCUT2D eigenvalue weighted by atomic mass is 79.9. The number of halogens is 1. The molecule has 0 bridgehead atoms. The number of hydrogen-bond donors (Lipinski definition) is 2. The molecule has 1 aromatic heterocycles. The topological polar surface area (TPSA) is 63.9 Å². The van der Waals surface area contributed by atoms with Crippen LogP contribution in [0.25, 0.3) is 0 Å². The Labute approximate surface area is 132 Å². The number of rotatable bonds is 8. The number of aliphatic hydroxyl groups is 1. The van der Waals surface area contributed by atoms with Crippen LogP contribution in [-0.4, -0.2) is 31.5 Å². The molecular formula is C15H18BrNO4. The van der Waals surface area contributed by atoms with Crippen molar-refractivity contribution in [2.24, 2.45) is 0 Å². The zero-order chi connectivity index (χ0) is 15.1. The van der Waals surface area contributed by atoms with E-state index in [0.717, 1.165) is 21.7 Å². The van der Waals surface area contributed by atoms with E-state index < -0.39 is 6.10 Å². The Bertz CT molecular complexity index is 545. The van der Waals surface area contributed by atoms with E-state index in [4.69, 9.17) is 13.9 Å². The number of ether oxygens (including phenoxy) is 2. The summed E-state index contributed by atoms with van der Waals surface area (Å²) in [6.07, 6.45) is 0.981. The first kappa shape index (κ1) is 15.9. The number of methoxy groups -OCH3 is 1. The fraction of sp³-hybridized carbons (Fsp3) is 0.333. The van der Waals surface area contributed by atoms with Crippen LogP contribution < -0.4 is 10.1 Å². The lowest BCUT2D eigenvalue weighted by Crippen LogP contribution is -2.24. The molecule has 0 fully saturated rings. The molecule has 1 unspecified atom stereocenters. The van der Waals surface area contributed by atoms with Crippen molar-refractivity contribution in [3.8, 4) is 5.75 Å². The van der Waals surface area contributed by atoms with Crippen LogP contribution in [0.4, 0.5) is 5.69 Å². The van der Waals surface area contributed by atoms with E-state index in [1.165, 1.54) is 0 Å². The molecule has 0 saturated heterocycles. The van der Waals surface area contributed by atoms with Crippen LogP contribution in [0.1, 0.15) is 5.76 Å². The first-order valence-corrected chi connectivity index (χ1v) is 7.34. The Balaban J connectivity index is 1.74. The summed E-state index contributed by atoms with van der Waals surface area (Å²) in [7, 11) is 1.62. The molecule has 2 N–H and O–H groups in total. The third kappa shape index (κ3) is 5.08. The lowest BCUT2D eigenvalue weighted by atomic mass is 10.3. The fourth-order valence-electron chi connectivity index (χ4n) is 1.74. The zero-order valence-electron chi connectivity index (χ0n) is 11.7. The van der Waals surface area contributed by atoms with Crippen molar-refractivity contribution in [2.45, 2.75) is 12.7 Å². The second-order valence-electron chi connectivity index (χ2n) is 4.47. The van der Waals surface area contributed by atoms with Crippen LogP contribution in [0.2, 0.25) is 0 Å². The van der Waals surface area contributed by atoms with Gasteiger partial charge in [0.15, 0.2) is 0 Å². The number of benzene rings is 1. The molecule has 2 aromatic rings. The minimum atomic E-state index is -0.613. The van der Waals surface area contributed by atoms with Crippen molar-refractivity contribution < 1.29 is 19.0 Å². The summed E-state index contributed by atoms with van der Waals surface area (Å²) < 4.78 is 16.6. The zero-order valence-corrected chi connectivity index (χ0v) is 13.3. The molecule has 0 aliphatic carbocycles. The number of aliphatic hydroxyl groups excluding tert-OH is 1. The Hall–Kier alpha value is -1.50. The third-order valence-corrected chi connectivity index (χ3v) is 3.53. The molecule has 114 valence electrons. The summed E-state index contributed by atoms with van der Waals surface area (Å²) in [5.74, 6) is 1.50. The fourth-order valence-corrected chi connectivity index (χ4v) is 2.13. The van der Waals surface area contributed by atoms with Gasteiger partial charge in [0.2, 0.25) is 0 Å². The van der Waals surface area contributed by atoms with Gasteiger partial charge in [-0.05, 0) is 40.2 Å². The van der Waals surface area contributed by atoms with Gasteiger partial charge in [0, 0.05) is 17.1 Å². The summed E-state index contributed by atoms with van der Waals surface area (Å²) in [4.78, 5) is 0. The standard InChI is InChI=1S/C15H18BrNO4/c1-19-12-4-5-14(16)15(7-12)17-8-11(18)9-20-10-13-3-2-6-21-13/h2-7,11,17-18H,8-10H2,1H3. The lowest BCUT2D eigenvalue weighted by molar-refractivity contribution is 0.0282. The summed E-state index contributed by atoms with van der Waals surface area (Å²) in [5.41, 5.74) is 0.861. The Kier molecular flexibility index (Phi) is 6.10. The van der Waals surface area contributed by atoms with Gasteiger partial charge >= 0.3 is 0 Å². The predicted molar refractivity (Wildman–Crippen MR) is 83.6 cm³/mol. The minimum Gasteiger partial charge on any atom is -0.497 e. The van der Waals surface area contributed by atoms with E-state index in [-0.39, 0.29) is 6.61 Å². The maximum Gasteiger partial charge on any atom is 0.129 e. The molecule has 0 saturated carbocycles. The van der Waals surface area contributed by atoms with Gasteiger partial charge in [-0.1, -0.05) is 0 Å². The first-order valence-electron chi connectivity index (χ1n) is 6.54. The van der Waals surface area contributed by atoms with Crippen molar-refractivity contribution in [1.82, 2.24) is 0 Å². The van der Waals surface area contributed by atoms with Gasteiger partial charge in [-0.25, -0.2) is 0 Å². The summed E-state index contributed by atoms with van der Waals surface area (Å²) >= 11 is 3.45. The molecule has 2 rings (SSSR count). The SMILES string of the molecule is COc1ccc(Br)c(NCC(O)COCc2ccco2)c1. The van der Waals surface area contributed by atoms with Crippen molar-refractivity contribution in [3.63, 3.8) is 0 Å². The summed E-state index contributed by atoms with van der Waals surface area (Å²) in [6.45, 7) is 0.964. The van der Waals surface area contributed by atoms with Crippen LogP contribution in [-0.2, 0) is 11.3 Å². The smallest absolute Gasteiger partial charge is 0.129 e. The molecule has 0 aliphatic rings. The normalized spacial score (nSPS) is 12.1. The molecule has 0 radical (unpaired) electrons. The predicted octanol–water partition coefficient (Wildman–Crippen LogP) is 3.04. The second-order valence-corrected chi connectivity index (χ2v) is 5.33. The lowest BCUT2D eigenvalue weighted by Gasteiger charge is -2.14. The molecule has 1 aromatic carbocycles. The number of anilines is 1. The molecule has 0 spiro atoms. The molecule has 0 aliphatic heterocycles. The van der Waals surface area contributed by atoms with Crippen LogP contribution in [0.3, 0.4) is 0 Å². The second kappa shape index (κ2) is 8.07. The molecule has 21 heavy (non-hydrogen) atoms. The number of hydrogen-bond acceptors (Lipinski definition) is 5. The quantitative estimate of drug-likeness (QED) is 0.761. The van der Waals surface area contributed by atoms with E-state index in [2.05, 4.69) is 21.2 Å². The molecular weight excluding hydrogens is 338 g/mol. The molecule has 1 atom stereocenters. The van der Waals surface area contributed by atoms with Gasteiger partial charge in [0.05, 0.1) is 31.8 Å². The van der Waals surface area contributed by atoms with Gasteiger partial charge in [0.25, 0.3) is 0 Å². The van der Waals surface area contributed by atoms with Crippen molar-refractivity contribution in [1.29, 1.82) is 0 Å². The van der Waals surface area contributed by atoms with Crippen molar-refractivity contribution in [3.05, 3.63) is 46.8 Å². The van der Waals surface area contributed by atoms with Gasteiger partial charge in [0.1, 0.15) is 18.1 Å².